The van der Waals surface area contributed by atoms with Crippen molar-refractivity contribution in [1.29, 1.82) is 5.26 Å². The smallest absolute Gasteiger partial charge is 0.264 e. The zero-order valence-electron chi connectivity index (χ0n) is 27.0. The summed E-state index contributed by atoms with van der Waals surface area (Å²) in [5.74, 6) is 0.357. The molecule has 10 nitrogen and oxygen atoms in total. The second kappa shape index (κ2) is 13.9. The third-order valence-electron chi connectivity index (χ3n) is 9.56. The average molecular weight is 637 g/mol. The number of aromatic nitrogens is 4. The number of para-hydroxylation sites is 1. The van der Waals surface area contributed by atoms with Crippen LogP contribution in [0.25, 0.3) is 22.3 Å². The van der Waals surface area contributed by atoms with Gasteiger partial charge in [-0.05, 0) is 63.0 Å². The average Bonchev–Trinajstić information content (AvgIpc) is 3.72. The van der Waals surface area contributed by atoms with Gasteiger partial charge in [-0.25, -0.2) is 19.0 Å². The van der Waals surface area contributed by atoms with Crippen LogP contribution < -0.4 is 10.5 Å². The Kier molecular flexibility index (Phi) is 9.50. The number of hydrogen-bond donors (Lipinski definition) is 1. The van der Waals surface area contributed by atoms with Gasteiger partial charge in [0.25, 0.3) is 5.91 Å². The van der Waals surface area contributed by atoms with Crippen LogP contribution in [0.3, 0.4) is 0 Å². The summed E-state index contributed by atoms with van der Waals surface area (Å²) in [5.41, 5.74) is 7.40. The van der Waals surface area contributed by atoms with Crippen LogP contribution in [0.5, 0.6) is 11.5 Å². The van der Waals surface area contributed by atoms with Gasteiger partial charge in [-0.2, -0.15) is 10.4 Å². The fourth-order valence-corrected chi connectivity index (χ4v) is 7.09. The van der Waals surface area contributed by atoms with Gasteiger partial charge in [0.1, 0.15) is 46.8 Å². The van der Waals surface area contributed by atoms with E-state index in [1.54, 1.807) is 33.8 Å². The maximum Gasteiger partial charge on any atom is 0.264 e. The molecule has 11 heteroatoms. The van der Waals surface area contributed by atoms with Crippen molar-refractivity contribution in [1.82, 2.24) is 29.5 Å². The van der Waals surface area contributed by atoms with Gasteiger partial charge in [-0.1, -0.05) is 51.0 Å². The highest BCUT2D eigenvalue weighted by Crippen LogP contribution is 2.42. The molecule has 0 radical (unpaired) electrons. The number of amides is 1. The molecule has 1 atom stereocenters. The molecule has 2 N–H and O–H groups in total. The second-order valence-corrected chi connectivity index (χ2v) is 12.6. The zero-order valence-corrected chi connectivity index (χ0v) is 27.0. The molecule has 1 saturated carbocycles. The Morgan fingerprint density at radius 1 is 1.13 bits per heavy atom. The lowest BCUT2D eigenvalue weighted by Gasteiger charge is -2.34. The quantitative estimate of drug-likeness (QED) is 0.154. The van der Waals surface area contributed by atoms with E-state index in [0.717, 1.165) is 58.2 Å². The molecule has 1 aliphatic carbocycles. The van der Waals surface area contributed by atoms with Gasteiger partial charge >= 0.3 is 0 Å². The van der Waals surface area contributed by atoms with Gasteiger partial charge in [0.05, 0.1) is 11.4 Å². The molecule has 6 rings (SSSR count). The first kappa shape index (κ1) is 32.1. The van der Waals surface area contributed by atoms with Crippen molar-refractivity contribution in [3.8, 4) is 28.8 Å². The molecular formula is C36H41FN8O2. The molecule has 244 valence electrons. The van der Waals surface area contributed by atoms with Crippen molar-refractivity contribution in [3.05, 3.63) is 72.3 Å². The molecule has 0 spiro atoms. The van der Waals surface area contributed by atoms with E-state index in [0.29, 0.717) is 41.3 Å². The normalized spacial score (nSPS) is 18.1. The molecule has 1 unspecified atom stereocenters. The van der Waals surface area contributed by atoms with Gasteiger partial charge in [0, 0.05) is 36.7 Å². The molecule has 3 heterocycles. The van der Waals surface area contributed by atoms with Gasteiger partial charge in [0.15, 0.2) is 5.65 Å². The minimum absolute atomic E-state index is 0.171. The Bertz CT molecular complexity index is 1800. The largest absolute Gasteiger partial charge is 0.457 e. The lowest BCUT2D eigenvalue weighted by molar-refractivity contribution is -0.128. The molecular weight excluding hydrogens is 595 g/mol. The van der Waals surface area contributed by atoms with E-state index in [4.69, 9.17) is 15.6 Å². The fraction of sp³-hybridized carbons (Fsp3) is 0.417. The van der Waals surface area contributed by atoms with Crippen LogP contribution in [-0.2, 0) is 4.79 Å². The first-order valence-corrected chi connectivity index (χ1v) is 16.5. The van der Waals surface area contributed by atoms with Crippen LogP contribution in [0, 0.1) is 22.6 Å². The van der Waals surface area contributed by atoms with Crippen molar-refractivity contribution >= 4 is 22.8 Å². The maximum atomic E-state index is 15.7. The summed E-state index contributed by atoms with van der Waals surface area (Å²) < 4.78 is 23.2. The van der Waals surface area contributed by atoms with Gasteiger partial charge < -0.3 is 20.3 Å². The number of benzene rings is 2. The number of carbonyl (C=O) groups is 1. The summed E-state index contributed by atoms with van der Waals surface area (Å²) in [6, 6.07) is 15.8. The highest BCUT2D eigenvalue weighted by Gasteiger charge is 2.36. The third-order valence-corrected chi connectivity index (χ3v) is 9.56. The van der Waals surface area contributed by atoms with E-state index in [1.807, 2.05) is 24.3 Å². The number of halogens is 1. The van der Waals surface area contributed by atoms with E-state index in [9.17, 15) is 10.1 Å². The summed E-state index contributed by atoms with van der Waals surface area (Å²) in [6.45, 7) is 7.88. The SMILES string of the molecule is CCN(CC)CC1(C=C(C#N)C(=O)N2CCCC(n3nc(-c4ccc(Oc5ccccc5)cc4F)c4c(N)ncnc43)C2)CCCC1. The number of likely N-dealkylation sites (tertiary alicyclic amines) is 1. The predicted octanol–water partition coefficient (Wildman–Crippen LogP) is 6.52. The van der Waals surface area contributed by atoms with E-state index in [-0.39, 0.29) is 34.3 Å². The first-order chi connectivity index (χ1) is 22.8. The highest BCUT2D eigenvalue weighted by molar-refractivity contribution is 5.99. The molecule has 2 fully saturated rings. The van der Waals surface area contributed by atoms with Crippen molar-refractivity contribution < 1.29 is 13.9 Å². The van der Waals surface area contributed by atoms with Crippen LogP contribution in [0.15, 0.2) is 66.5 Å². The summed E-state index contributed by atoms with van der Waals surface area (Å²) in [5, 5.41) is 15.5. The number of nitrogens with two attached hydrogens (primary N) is 1. The topological polar surface area (TPSA) is 126 Å². The van der Waals surface area contributed by atoms with Crippen molar-refractivity contribution in [2.45, 2.75) is 58.4 Å². The molecule has 47 heavy (non-hydrogen) atoms. The number of anilines is 1. The van der Waals surface area contributed by atoms with Crippen LogP contribution in [0.4, 0.5) is 10.2 Å². The monoisotopic (exact) mass is 636 g/mol. The number of nitriles is 1. The van der Waals surface area contributed by atoms with Crippen LogP contribution in [0.2, 0.25) is 0 Å². The Morgan fingerprint density at radius 3 is 2.60 bits per heavy atom. The lowest BCUT2D eigenvalue weighted by Crippen LogP contribution is -2.42. The lowest BCUT2D eigenvalue weighted by atomic mass is 9.83. The number of fused-ring (bicyclic) bond motifs is 1. The zero-order chi connectivity index (χ0) is 33.0. The predicted molar refractivity (Wildman–Crippen MR) is 179 cm³/mol. The molecule has 2 aromatic heterocycles. The molecule has 1 aliphatic heterocycles. The molecule has 4 aromatic rings. The van der Waals surface area contributed by atoms with Crippen LogP contribution in [-0.4, -0.2) is 68.2 Å². The van der Waals surface area contributed by atoms with Crippen LogP contribution >= 0.6 is 0 Å². The van der Waals surface area contributed by atoms with Crippen LogP contribution in [0.1, 0.15) is 58.4 Å². The maximum absolute atomic E-state index is 15.7. The number of nitrogens with zero attached hydrogens (tertiary/aromatic N) is 7. The summed E-state index contributed by atoms with van der Waals surface area (Å²) in [4.78, 5) is 26.7. The highest BCUT2D eigenvalue weighted by atomic mass is 19.1. The molecule has 1 amide bonds. The van der Waals surface area contributed by atoms with Crippen molar-refractivity contribution in [3.63, 3.8) is 0 Å². The summed E-state index contributed by atoms with van der Waals surface area (Å²) in [7, 11) is 0. The summed E-state index contributed by atoms with van der Waals surface area (Å²) in [6.07, 6.45) is 8.93. The minimum atomic E-state index is -0.525. The Hall–Kier alpha value is -4.82. The van der Waals surface area contributed by atoms with E-state index >= 15 is 4.39 Å². The van der Waals surface area contributed by atoms with Gasteiger partial charge in [-0.15, -0.1) is 0 Å². The van der Waals surface area contributed by atoms with E-state index < -0.39 is 5.82 Å². The number of ether oxygens (including phenoxy) is 1. The molecule has 1 saturated heterocycles. The third kappa shape index (κ3) is 6.69. The van der Waals surface area contributed by atoms with Crippen molar-refractivity contribution in [2.24, 2.45) is 5.41 Å². The Balaban J connectivity index is 1.28. The Morgan fingerprint density at radius 2 is 1.89 bits per heavy atom. The number of nitrogen functional groups attached to an aromatic ring is 1. The number of hydrogen-bond acceptors (Lipinski definition) is 8. The Labute approximate surface area is 274 Å². The van der Waals surface area contributed by atoms with Gasteiger partial charge in [-0.3, -0.25) is 4.79 Å². The second-order valence-electron chi connectivity index (χ2n) is 12.6. The fourth-order valence-electron chi connectivity index (χ4n) is 7.09. The van der Waals surface area contributed by atoms with Crippen molar-refractivity contribution in [2.75, 3.05) is 38.5 Å². The first-order valence-electron chi connectivity index (χ1n) is 16.5. The van der Waals surface area contributed by atoms with E-state index in [1.165, 1.54) is 12.4 Å². The number of carbonyl (C=O) groups excluding carboxylic acids is 1. The standard InChI is InChI=1S/C36H41FN8O2/c1-3-43(4-2)23-36(16-8-9-17-36)20-25(21-38)35(46)44-18-10-11-26(22-44)45-34-31(33(39)40-24-41-34)32(42-45)29-15-14-28(19-30(29)37)47-27-12-6-5-7-13-27/h5-7,12-15,19-20,24,26H,3-4,8-11,16-18,22-23H2,1-2H3,(H2,39,40,41). The number of piperidine rings is 1. The van der Waals surface area contributed by atoms with E-state index in [2.05, 4.69) is 34.8 Å². The summed E-state index contributed by atoms with van der Waals surface area (Å²) >= 11 is 0. The van der Waals surface area contributed by atoms with Gasteiger partial charge in [0.2, 0.25) is 0 Å². The number of rotatable bonds is 10. The minimum Gasteiger partial charge on any atom is -0.457 e. The molecule has 2 aromatic carbocycles. The molecule has 2 aliphatic rings. The molecule has 0 bridgehead atoms.